The van der Waals surface area contributed by atoms with Crippen molar-refractivity contribution >= 4 is 17.8 Å². The Morgan fingerprint density at radius 2 is 1.70 bits per heavy atom. The van der Waals surface area contributed by atoms with E-state index in [-0.39, 0.29) is 30.0 Å². The summed E-state index contributed by atoms with van der Waals surface area (Å²) in [4.78, 5) is 50.3. The second-order valence-electron chi connectivity index (χ2n) is 6.44. The van der Waals surface area contributed by atoms with Gasteiger partial charge in [0.2, 0.25) is 0 Å². The van der Waals surface area contributed by atoms with Crippen molar-refractivity contribution in [2.45, 2.75) is 13.2 Å². The molecule has 3 heterocycles. The van der Waals surface area contributed by atoms with Crippen LogP contribution >= 0.6 is 0 Å². The number of amides is 2. The van der Waals surface area contributed by atoms with Gasteiger partial charge < -0.3 is 4.74 Å². The van der Waals surface area contributed by atoms with E-state index in [1.165, 1.54) is 31.0 Å². The van der Waals surface area contributed by atoms with Gasteiger partial charge >= 0.3 is 5.97 Å². The van der Waals surface area contributed by atoms with Gasteiger partial charge in [0.15, 0.2) is 0 Å². The van der Waals surface area contributed by atoms with E-state index in [1.54, 1.807) is 24.3 Å². The monoisotopic (exact) mass is 399 g/mol. The van der Waals surface area contributed by atoms with Crippen LogP contribution in [0.3, 0.4) is 0 Å². The predicted molar refractivity (Wildman–Crippen MR) is 101 cm³/mol. The highest BCUT2D eigenvalue weighted by molar-refractivity contribution is 6.21. The molecule has 1 aromatic carbocycles. The van der Waals surface area contributed by atoms with Gasteiger partial charge in [-0.1, -0.05) is 12.1 Å². The second kappa shape index (κ2) is 7.89. The summed E-state index contributed by atoms with van der Waals surface area (Å²) in [6.07, 6.45) is 5.59. The molecule has 4 rings (SSSR count). The zero-order chi connectivity index (χ0) is 21.1. The average molecular weight is 399 g/mol. The molecule has 1 aliphatic rings. The van der Waals surface area contributed by atoms with Crippen LogP contribution in [0.2, 0.25) is 0 Å². The molecular weight excluding hydrogens is 386 g/mol. The molecule has 0 bridgehead atoms. The number of aromatic nitrogens is 3. The lowest BCUT2D eigenvalue weighted by Crippen LogP contribution is -2.29. The number of ether oxygens (including phenoxy) is 1. The maximum absolute atomic E-state index is 12.7. The van der Waals surface area contributed by atoms with E-state index in [4.69, 9.17) is 10.00 Å². The van der Waals surface area contributed by atoms with Crippen LogP contribution in [0, 0.1) is 11.3 Å². The first-order valence-corrected chi connectivity index (χ1v) is 8.83. The number of pyridine rings is 1. The number of nitrogens with zero attached hydrogens (tertiary/aromatic N) is 5. The summed E-state index contributed by atoms with van der Waals surface area (Å²) in [6, 6.07) is 9.85. The smallest absolute Gasteiger partial charge is 0.357 e. The Hall–Kier alpha value is -4.45. The van der Waals surface area contributed by atoms with E-state index in [1.807, 2.05) is 6.07 Å². The molecule has 2 amide bonds. The summed E-state index contributed by atoms with van der Waals surface area (Å²) in [6.45, 7) is 0.00196. The fraction of sp³-hybridized carbons (Fsp3) is 0.0952. The number of esters is 1. The summed E-state index contributed by atoms with van der Waals surface area (Å²) in [7, 11) is 0. The van der Waals surface area contributed by atoms with E-state index < -0.39 is 17.8 Å². The Morgan fingerprint density at radius 3 is 2.40 bits per heavy atom. The third-order valence-electron chi connectivity index (χ3n) is 4.47. The molecule has 0 unspecified atom stereocenters. The summed E-state index contributed by atoms with van der Waals surface area (Å²) >= 11 is 0. The summed E-state index contributed by atoms with van der Waals surface area (Å²) in [5.74, 6) is -1.74. The highest BCUT2D eigenvalue weighted by Crippen LogP contribution is 2.25. The molecule has 0 N–H and O–H groups in total. The van der Waals surface area contributed by atoms with Gasteiger partial charge in [-0.2, -0.15) is 5.26 Å². The molecule has 0 saturated carbocycles. The molecule has 0 atom stereocenters. The molecular formula is C21H13N5O4. The van der Waals surface area contributed by atoms with Gasteiger partial charge in [-0.15, -0.1) is 0 Å². The minimum absolute atomic E-state index is 0.0455. The molecule has 0 radical (unpaired) electrons. The molecule has 146 valence electrons. The Balaban J connectivity index is 1.49. The third-order valence-corrected chi connectivity index (χ3v) is 4.47. The van der Waals surface area contributed by atoms with Gasteiger partial charge in [0, 0.05) is 24.2 Å². The van der Waals surface area contributed by atoms with Gasteiger partial charge in [0.05, 0.1) is 29.3 Å². The highest BCUT2D eigenvalue weighted by Gasteiger charge is 2.36. The van der Waals surface area contributed by atoms with Gasteiger partial charge in [-0.05, 0) is 23.8 Å². The van der Waals surface area contributed by atoms with Crippen LogP contribution in [-0.4, -0.2) is 37.6 Å². The fourth-order valence-electron chi connectivity index (χ4n) is 2.94. The first-order valence-electron chi connectivity index (χ1n) is 8.83. The minimum Gasteiger partial charge on any atom is -0.456 e. The van der Waals surface area contributed by atoms with Gasteiger partial charge in [0.25, 0.3) is 11.8 Å². The van der Waals surface area contributed by atoms with Crippen molar-refractivity contribution in [3.05, 3.63) is 88.8 Å². The number of rotatable bonds is 5. The lowest BCUT2D eigenvalue weighted by molar-refractivity contribution is 0.0464. The topological polar surface area (TPSA) is 126 Å². The van der Waals surface area contributed by atoms with E-state index in [0.29, 0.717) is 16.7 Å². The number of hydrogen-bond acceptors (Lipinski definition) is 8. The zero-order valence-electron chi connectivity index (χ0n) is 15.5. The first kappa shape index (κ1) is 18.9. The highest BCUT2D eigenvalue weighted by atomic mass is 16.5. The molecule has 1 aliphatic heterocycles. The lowest BCUT2D eigenvalue weighted by Gasteiger charge is -2.13. The summed E-state index contributed by atoms with van der Waals surface area (Å²) < 4.78 is 5.16. The molecule has 9 nitrogen and oxygen atoms in total. The zero-order valence-corrected chi connectivity index (χ0v) is 15.5. The van der Waals surface area contributed by atoms with Gasteiger partial charge in [-0.3, -0.25) is 14.5 Å². The number of imide groups is 1. The second-order valence-corrected chi connectivity index (χ2v) is 6.44. The van der Waals surface area contributed by atoms with Crippen molar-refractivity contribution in [1.82, 2.24) is 19.9 Å². The number of carbonyl (C=O) groups is 3. The SMILES string of the molecule is N#Cc1ccc(CN2C(=O)c3cnc(C(=O)OCc4cncnc4)cc3C2=O)cc1. The van der Waals surface area contributed by atoms with Gasteiger partial charge in [0.1, 0.15) is 18.6 Å². The van der Waals surface area contributed by atoms with Crippen LogP contribution in [0.5, 0.6) is 0 Å². The van der Waals surface area contributed by atoms with Crippen molar-refractivity contribution in [1.29, 1.82) is 5.26 Å². The van der Waals surface area contributed by atoms with Crippen LogP contribution in [0.15, 0.2) is 55.2 Å². The quantitative estimate of drug-likeness (QED) is 0.470. The largest absolute Gasteiger partial charge is 0.456 e. The predicted octanol–water partition coefficient (Wildman–Crippen LogP) is 1.90. The van der Waals surface area contributed by atoms with E-state index >= 15 is 0 Å². The first-order chi connectivity index (χ1) is 14.6. The maximum Gasteiger partial charge on any atom is 0.357 e. The molecule has 0 saturated heterocycles. The number of hydrogen-bond donors (Lipinski definition) is 0. The van der Waals surface area contributed by atoms with Crippen LogP contribution in [0.4, 0.5) is 0 Å². The maximum atomic E-state index is 12.7. The number of benzene rings is 1. The van der Waals surface area contributed by atoms with Crippen LogP contribution in [0.1, 0.15) is 47.9 Å². The van der Waals surface area contributed by atoms with Gasteiger partial charge in [-0.25, -0.2) is 19.7 Å². The minimum atomic E-state index is -0.729. The number of nitriles is 1. The average Bonchev–Trinajstić information content (AvgIpc) is 3.03. The standard InChI is InChI=1S/C21H13N5O4/c22-6-13-1-3-14(4-2-13)10-26-19(27)16-5-18(25-9-17(16)20(26)28)21(29)30-11-15-7-23-12-24-8-15/h1-5,7-9,12H,10-11H2. The molecule has 3 aromatic rings. The Kier molecular flexibility index (Phi) is 4.97. The Labute approximate surface area is 170 Å². The lowest BCUT2D eigenvalue weighted by atomic mass is 10.1. The Morgan fingerprint density at radius 1 is 1.00 bits per heavy atom. The van der Waals surface area contributed by atoms with E-state index in [9.17, 15) is 14.4 Å². The third kappa shape index (κ3) is 3.62. The fourth-order valence-corrected chi connectivity index (χ4v) is 2.94. The molecule has 0 aliphatic carbocycles. The van der Waals surface area contributed by atoms with Crippen LogP contribution in [-0.2, 0) is 17.9 Å². The van der Waals surface area contributed by atoms with E-state index in [0.717, 1.165) is 4.90 Å². The van der Waals surface area contributed by atoms with Crippen LogP contribution < -0.4 is 0 Å². The molecule has 2 aromatic heterocycles. The molecule has 0 spiro atoms. The summed E-state index contributed by atoms with van der Waals surface area (Å²) in [5.41, 5.74) is 1.93. The van der Waals surface area contributed by atoms with E-state index in [2.05, 4.69) is 15.0 Å². The number of fused-ring (bicyclic) bond motifs is 1. The van der Waals surface area contributed by atoms with Crippen molar-refractivity contribution in [3.8, 4) is 6.07 Å². The molecule has 30 heavy (non-hydrogen) atoms. The summed E-state index contributed by atoms with van der Waals surface area (Å²) in [5, 5.41) is 8.87. The molecule has 9 heteroatoms. The van der Waals surface area contributed by atoms with Crippen molar-refractivity contribution < 1.29 is 19.1 Å². The normalized spacial score (nSPS) is 12.4. The van der Waals surface area contributed by atoms with Crippen molar-refractivity contribution in [2.24, 2.45) is 0 Å². The number of carbonyl (C=O) groups excluding carboxylic acids is 3. The Bertz CT molecular complexity index is 1190. The van der Waals surface area contributed by atoms with Crippen molar-refractivity contribution in [2.75, 3.05) is 0 Å². The van der Waals surface area contributed by atoms with Crippen LogP contribution in [0.25, 0.3) is 0 Å². The van der Waals surface area contributed by atoms with Crippen molar-refractivity contribution in [3.63, 3.8) is 0 Å². The molecule has 0 fully saturated rings.